The van der Waals surface area contributed by atoms with Crippen molar-refractivity contribution < 1.29 is 31.6 Å². The Hall–Kier alpha value is -2.56. The molecule has 4 rings (SSSR count). The summed E-state index contributed by atoms with van der Waals surface area (Å²) in [5.74, 6) is -1.11. The van der Waals surface area contributed by atoms with Crippen molar-refractivity contribution in [2.45, 2.75) is 31.1 Å². The number of hydrogen-bond acceptors (Lipinski definition) is 6. The van der Waals surface area contributed by atoms with Crippen molar-refractivity contribution >= 4 is 27.4 Å². The molecule has 1 aliphatic heterocycles. The van der Waals surface area contributed by atoms with E-state index in [0.29, 0.717) is 36.1 Å². The highest BCUT2D eigenvalue weighted by Gasteiger charge is 2.31. The van der Waals surface area contributed by atoms with Crippen LogP contribution in [0.4, 0.5) is 10.1 Å². The number of hydrogen-bond donors (Lipinski definition) is 1. The van der Waals surface area contributed by atoms with Gasteiger partial charge in [0.15, 0.2) is 11.5 Å². The number of aryl methyl sites for hydroxylation is 1. The maximum atomic E-state index is 14.3. The summed E-state index contributed by atoms with van der Waals surface area (Å²) in [7, 11) is -4.07. The molecule has 0 radical (unpaired) electrons. The zero-order chi connectivity index (χ0) is 21.5. The van der Waals surface area contributed by atoms with Crippen molar-refractivity contribution in [2.24, 2.45) is 0 Å². The number of carbonyl (C=O) groups is 2. The number of halogens is 1. The summed E-state index contributed by atoms with van der Waals surface area (Å²) in [5, 5.41) is 2.55. The van der Waals surface area contributed by atoms with E-state index in [4.69, 9.17) is 9.15 Å². The molecule has 1 saturated heterocycles. The lowest BCUT2D eigenvalue weighted by molar-refractivity contribution is 0.0729. The molecule has 30 heavy (non-hydrogen) atoms. The first-order valence-corrected chi connectivity index (χ1v) is 11.1. The van der Waals surface area contributed by atoms with Gasteiger partial charge in [-0.15, -0.1) is 0 Å². The minimum atomic E-state index is -4.07. The third kappa shape index (κ3) is 3.66. The number of amides is 1. The number of benzene rings is 1. The Morgan fingerprint density at radius 3 is 2.63 bits per heavy atom. The number of ether oxygens (including phenoxy) is 1. The molecule has 2 aromatic rings. The highest BCUT2D eigenvalue weighted by atomic mass is 32.2. The summed E-state index contributed by atoms with van der Waals surface area (Å²) < 4.78 is 51.8. The van der Waals surface area contributed by atoms with Crippen LogP contribution in [0.3, 0.4) is 0 Å². The van der Waals surface area contributed by atoms with Crippen molar-refractivity contribution in [3.63, 3.8) is 0 Å². The van der Waals surface area contributed by atoms with Crippen LogP contribution in [-0.4, -0.2) is 50.7 Å². The fourth-order valence-corrected chi connectivity index (χ4v) is 5.26. The normalized spacial score (nSPS) is 17.6. The highest BCUT2D eigenvalue weighted by molar-refractivity contribution is 7.89. The molecular formula is C20H21FN2O6S. The van der Waals surface area contributed by atoms with Gasteiger partial charge in [-0.1, -0.05) is 0 Å². The van der Waals surface area contributed by atoms with Gasteiger partial charge in [0.1, 0.15) is 16.5 Å². The summed E-state index contributed by atoms with van der Waals surface area (Å²) in [4.78, 5) is 24.3. The number of nitrogens with zero attached hydrogens (tertiary/aromatic N) is 1. The fraction of sp³-hybridized carbons (Fsp3) is 0.400. The Morgan fingerprint density at radius 1 is 1.20 bits per heavy atom. The van der Waals surface area contributed by atoms with E-state index in [0.717, 1.165) is 16.4 Å². The molecule has 1 aliphatic carbocycles. The largest absolute Gasteiger partial charge is 0.455 e. The van der Waals surface area contributed by atoms with Crippen LogP contribution in [0, 0.1) is 12.7 Å². The zero-order valence-electron chi connectivity index (χ0n) is 16.4. The lowest BCUT2D eigenvalue weighted by Gasteiger charge is -2.26. The van der Waals surface area contributed by atoms with Crippen LogP contribution in [0.15, 0.2) is 27.5 Å². The first kappa shape index (κ1) is 20.7. The average molecular weight is 436 g/mol. The Balaban J connectivity index is 1.61. The second kappa shape index (κ2) is 7.93. The number of nitrogens with one attached hydrogen (secondary N) is 1. The standard InChI is InChI=1S/C20H21FN2O6S/c1-12-18-15(24)3-2-4-16(18)29-19(12)20(25)22-13-5-6-14(21)17(11-13)30(26,27)23-7-9-28-10-8-23/h5-6,11H,2-4,7-10H2,1H3,(H,22,25). The second-order valence-electron chi connectivity index (χ2n) is 7.25. The quantitative estimate of drug-likeness (QED) is 0.790. The number of furan rings is 1. The van der Waals surface area contributed by atoms with Crippen LogP contribution in [0.1, 0.15) is 45.1 Å². The van der Waals surface area contributed by atoms with E-state index in [1.54, 1.807) is 6.92 Å². The number of anilines is 1. The number of sulfonamides is 1. The van der Waals surface area contributed by atoms with E-state index in [2.05, 4.69) is 5.32 Å². The van der Waals surface area contributed by atoms with Gasteiger partial charge in [0.25, 0.3) is 5.91 Å². The van der Waals surface area contributed by atoms with Gasteiger partial charge in [-0.25, -0.2) is 12.8 Å². The summed E-state index contributed by atoms with van der Waals surface area (Å²) in [6, 6.07) is 3.35. The molecule has 1 aromatic carbocycles. The fourth-order valence-electron chi connectivity index (χ4n) is 3.76. The van der Waals surface area contributed by atoms with Gasteiger partial charge < -0.3 is 14.5 Å². The van der Waals surface area contributed by atoms with Gasteiger partial charge in [0.2, 0.25) is 10.0 Å². The molecule has 2 aliphatic rings. The monoisotopic (exact) mass is 436 g/mol. The third-order valence-electron chi connectivity index (χ3n) is 5.29. The molecule has 1 aromatic heterocycles. The molecule has 0 spiro atoms. The maximum Gasteiger partial charge on any atom is 0.291 e. The minimum absolute atomic E-state index is 0.00263. The molecular weight excluding hydrogens is 415 g/mol. The van der Waals surface area contributed by atoms with E-state index in [1.807, 2.05) is 0 Å². The smallest absolute Gasteiger partial charge is 0.291 e. The van der Waals surface area contributed by atoms with Crippen LogP contribution >= 0.6 is 0 Å². The number of ketones is 1. The van der Waals surface area contributed by atoms with Gasteiger partial charge in [-0.05, 0) is 31.5 Å². The van der Waals surface area contributed by atoms with Gasteiger partial charge in [-0.3, -0.25) is 9.59 Å². The van der Waals surface area contributed by atoms with Crippen LogP contribution in [0.2, 0.25) is 0 Å². The third-order valence-corrected chi connectivity index (χ3v) is 7.20. The first-order chi connectivity index (χ1) is 14.3. The van der Waals surface area contributed by atoms with Gasteiger partial charge in [-0.2, -0.15) is 4.31 Å². The Kier molecular flexibility index (Phi) is 5.48. The lowest BCUT2D eigenvalue weighted by Crippen LogP contribution is -2.40. The first-order valence-electron chi connectivity index (χ1n) is 9.63. The van der Waals surface area contributed by atoms with E-state index >= 15 is 0 Å². The number of fused-ring (bicyclic) bond motifs is 1. The summed E-state index contributed by atoms with van der Waals surface area (Å²) in [6.07, 6.45) is 1.66. The summed E-state index contributed by atoms with van der Waals surface area (Å²) in [5.41, 5.74) is 1.00. The molecule has 0 saturated carbocycles. The summed E-state index contributed by atoms with van der Waals surface area (Å²) in [6.45, 7) is 2.36. The van der Waals surface area contributed by atoms with Crippen molar-refractivity contribution in [3.8, 4) is 0 Å². The predicted octanol–water partition coefficient (Wildman–Crippen LogP) is 2.52. The molecule has 1 fully saturated rings. The molecule has 0 atom stereocenters. The maximum absolute atomic E-state index is 14.3. The van der Waals surface area contributed by atoms with Gasteiger partial charge >= 0.3 is 0 Å². The SMILES string of the molecule is Cc1c(C(=O)Nc2ccc(F)c(S(=O)(=O)N3CCOCC3)c2)oc2c1C(=O)CCC2. The molecule has 0 bridgehead atoms. The highest BCUT2D eigenvalue weighted by Crippen LogP contribution is 2.30. The Morgan fingerprint density at radius 2 is 1.93 bits per heavy atom. The van der Waals surface area contributed by atoms with Crippen molar-refractivity contribution in [2.75, 3.05) is 31.6 Å². The molecule has 0 unspecified atom stereocenters. The Labute approximate surface area is 173 Å². The topological polar surface area (TPSA) is 106 Å². The van der Waals surface area contributed by atoms with Gasteiger partial charge in [0.05, 0.1) is 18.8 Å². The van der Waals surface area contributed by atoms with Crippen molar-refractivity contribution in [1.29, 1.82) is 0 Å². The lowest BCUT2D eigenvalue weighted by atomic mass is 9.94. The summed E-state index contributed by atoms with van der Waals surface area (Å²) >= 11 is 0. The number of Topliss-reactive ketones (excluding diaryl/α,β-unsaturated/α-hetero) is 1. The van der Waals surface area contributed by atoms with Crippen LogP contribution in [0.5, 0.6) is 0 Å². The Bertz CT molecular complexity index is 1120. The molecule has 1 N–H and O–H groups in total. The van der Waals surface area contributed by atoms with Gasteiger partial charge in [0, 0.05) is 37.2 Å². The van der Waals surface area contributed by atoms with E-state index in [9.17, 15) is 22.4 Å². The number of morpholine rings is 1. The molecule has 8 nitrogen and oxygen atoms in total. The van der Waals surface area contributed by atoms with Crippen LogP contribution in [-0.2, 0) is 21.2 Å². The number of carbonyl (C=O) groups excluding carboxylic acids is 2. The molecule has 160 valence electrons. The average Bonchev–Trinajstić information content (AvgIpc) is 3.08. The zero-order valence-corrected chi connectivity index (χ0v) is 17.2. The second-order valence-corrected chi connectivity index (χ2v) is 9.15. The molecule has 1 amide bonds. The minimum Gasteiger partial charge on any atom is -0.455 e. The molecule has 2 heterocycles. The number of rotatable bonds is 4. The molecule has 10 heteroatoms. The van der Waals surface area contributed by atoms with Crippen LogP contribution in [0.25, 0.3) is 0 Å². The van der Waals surface area contributed by atoms with Crippen LogP contribution < -0.4 is 5.32 Å². The van der Waals surface area contributed by atoms with E-state index in [-0.39, 0.29) is 43.5 Å². The predicted molar refractivity (Wildman–Crippen MR) is 105 cm³/mol. The van der Waals surface area contributed by atoms with Crippen molar-refractivity contribution in [3.05, 3.63) is 46.7 Å². The van der Waals surface area contributed by atoms with E-state index in [1.165, 1.54) is 6.07 Å². The van der Waals surface area contributed by atoms with Crippen molar-refractivity contribution in [1.82, 2.24) is 4.31 Å². The van der Waals surface area contributed by atoms with E-state index < -0.39 is 26.6 Å².